The summed E-state index contributed by atoms with van der Waals surface area (Å²) in [6.07, 6.45) is 25.0. The maximum absolute atomic E-state index is 2.38. The monoisotopic (exact) mass is 256 g/mol. The van der Waals surface area contributed by atoms with Crippen molar-refractivity contribution >= 4 is 0 Å². The Morgan fingerprint density at radius 1 is 0.789 bits per heavy atom. The van der Waals surface area contributed by atoms with Gasteiger partial charge in [-0.3, -0.25) is 0 Å². The highest BCUT2D eigenvalue weighted by Crippen LogP contribution is 2.28. The predicted octanol–water partition coefficient (Wildman–Crippen LogP) is 6.27. The van der Waals surface area contributed by atoms with Crippen molar-refractivity contribution in [1.82, 2.24) is 0 Å². The van der Waals surface area contributed by atoms with Crippen molar-refractivity contribution < 1.29 is 0 Å². The molecular weight excluding hydrogens is 228 g/mol. The summed E-state index contributed by atoms with van der Waals surface area (Å²) in [4.78, 5) is 0. The smallest absolute Gasteiger partial charge is 0.0274 e. The topological polar surface area (TPSA) is 0 Å². The Labute approximate surface area is 119 Å². The van der Waals surface area contributed by atoms with Gasteiger partial charge in [-0.1, -0.05) is 43.2 Å². The fraction of sp³-hybridized carbons (Fsp3) is 0.579. The lowest BCUT2D eigenvalue weighted by molar-refractivity contribution is 0.667. The van der Waals surface area contributed by atoms with E-state index in [4.69, 9.17) is 0 Å². The average molecular weight is 256 g/mol. The Morgan fingerprint density at radius 2 is 1.53 bits per heavy atom. The molecule has 0 radical (unpaired) electrons. The van der Waals surface area contributed by atoms with Crippen molar-refractivity contribution in [3.05, 3.63) is 47.1 Å². The Kier molecular flexibility index (Phi) is 6.20. The van der Waals surface area contributed by atoms with E-state index in [0.717, 1.165) is 0 Å². The van der Waals surface area contributed by atoms with E-state index in [1.807, 2.05) is 0 Å². The molecule has 0 saturated heterocycles. The van der Waals surface area contributed by atoms with E-state index in [0.29, 0.717) is 0 Å². The van der Waals surface area contributed by atoms with Gasteiger partial charge in [-0.2, -0.15) is 0 Å². The Balaban J connectivity index is 2.20. The van der Waals surface area contributed by atoms with Gasteiger partial charge in [0.2, 0.25) is 0 Å². The first-order chi connectivity index (χ1) is 9.38. The first-order valence-corrected chi connectivity index (χ1v) is 8.10. The second-order valence-electron chi connectivity index (χ2n) is 5.88. The zero-order valence-electron chi connectivity index (χ0n) is 12.5. The molecule has 0 amide bonds. The summed E-state index contributed by atoms with van der Waals surface area (Å²) in [6.45, 7) is 2.30. The van der Waals surface area contributed by atoms with Gasteiger partial charge < -0.3 is 0 Å². The molecule has 0 aromatic carbocycles. The largest absolute Gasteiger partial charge is 0.0845 e. The van der Waals surface area contributed by atoms with Crippen molar-refractivity contribution in [2.24, 2.45) is 0 Å². The van der Waals surface area contributed by atoms with E-state index < -0.39 is 0 Å². The fourth-order valence-corrected chi connectivity index (χ4v) is 3.08. The summed E-state index contributed by atoms with van der Waals surface area (Å²) in [7, 11) is 0. The highest BCUT2D eigenvalue weighted by molar-refractivity contribution is 5.41. The third-order valence-electron chi connectivity index (χ3n) is 4.28. The molecule has 19 heavy (non-hydrogen) atoms. The molecule has 0 aliphatic heterocycles. The van der Waals surface area contributed by atoms with Gasteiger partial charge in [-0.25, -0.2) is 0 Å². The first-order valence-electron chi connectivity index (χ1n) is 8.10. The average Bonchev–Trinajstić information content (AvgIpc) is 2.60. The Bertz CT molecular complexity index is 390. The van der Waals surface area contributed by atoms with Crippen molar-refractivity contribution in [2.45, 2.75) is 71.1 Å². The van der Waals surface area contributed by atoms with Gasteiger partial charge in [0.05, 0.1) is 0 Å². The number of rotatable bonds is 1. The molecule has 0 aromatic rings. The van der Waals surface area contributed by atoms with Gasteiger partial charge in [-0.15, -0.1) is 0 Å². The lowest BCUT2D eigenvalue weighted by Crippen LogP contribution is -1.95. The lowest BCUT2D eigenvalue weighted by atomic mass is 9.91. The summed E-state index contributed by atoms with van der Waals surface area (Å²) in [5.74, 6) is 0. The summed E-state index contributed by atoms with van der Waals surface area (Å²) in [5, 5.41) is 0. The molecule has 2 aliphatic rings. The molecular formula is C19H28. The van der Waals surface area contributed by atoms with Crippen LogP contribution in [0, 0.1) is 0 Å². The third kappa shape index (κ3) is 4.86. The molecule has 0 bridgehead atoms. The lowest BCUT2D eigenvalue weighted by Gasteiger charge is -2.14. The van der Waals surface area contributed by atoms with Gasteiger partial charge in [0.15, 0.2) is 0 Å². The summed E-state index contributed by atoms with van der Waals surface area (Å²) >= 11 is 0. The normalized spacial score (nSPS) is 32.6. The SMILES string of the molecule is CC1=C(\C2=C\C=C/CCCCC2)CCCCC/C=C\1. The molecule has 0 unspecified atom stereocenters. The molecule has 104 valence electrons. The minimum absolute atomic E-state index is 1.25. The summed E-state index contributed by atoms with van der Waals surface area (Å²) in [6, 6.07) is 0. The fourth-order valence-electron chi connectivity index (χ4n) is 3.08. The van der Waals surface area contributed by atoms with Gasteiger partial charge in [-0.05, 0) is 75.0 Å². The standard InChI is InChI=1S/C19H28/c1-17-13-9-5-4-8-12-16-19(17)18-14-10-6-2-3-7-11-15-18/h6,9-10,13-14H,2-5,7-8,11-12,15-16H2,1H3/b10-6-,13-9-,18-14+,19-17+. The van der Waals surface area contributed by atoms with Gasteiger partial charge >= 0.3 is 0 Å². The van der Waals surface area contributed by atoms with Crippen molar-refractivity contribution in [2.75, 3.05) is 0 Å². The molecule has 0 heteroatoms. The zero-order chi connectivity index (χ0) is 13.3. The molecule has 0 nitrogen and oxygen atoms in total. The van der Waals surface area contributed by atoms with E-state index in [1.54, 1.807) is 11.1 Å². The maximum atomic E-state index is 2.38. The predicted molar refractivity (Wildman–Crippen MR) is 85.2 cm³/mol. The van der Waals surface area contributed by atoms with Crippen LogP contribution in [-0.2, 0) is 0 Å². The molecule has 0 saturated carbocycles. The quantitative estimate of drug-likeness (QED) is 0.518. The highest BCUT2D eigenvalue weighted by atomic mass is 14.1. The molecule has 0 spiro atoms. The van der Waals surface area contributed by atoms with E-state index in [9.17, 15) is 0 Å². The minimum atomic E-state index is 1.25. The molecule has 0 heterocycles. The van der Waals surface area contributed by atoms with Crippen LogP contribution >= 0.6 is 0 Å². The molecule has 0 fully saturated rings. The number of allylic oxidation sites excluding steroid dienone is 8. The third-order valence-corrected chi connectivity index (χ3v) is 4.28. The van der Waals surface area contributed by atoms with Crippen LogP contribution in [0.25, 0.3) is 0 Å². The highest BCUT2D eigenvalue weighted by Gasteiger charge is 2.09. The van der Waals surface area contributed by atoms with Gasteiger partial charge in [0, 0.05) is 0 Å². The van der Waals surface area contributed by atoms with Crippen LogP contribution < -0.4 is 0 Å². The summed E-state index contributed by atoms with van der Waals surface area (Å²) < 4.78 is 0. The first kappa shape index (κ1) is 14.4. The second kappa shape index (κ2) is 8.19. The number of hydrogen-bond acceptors (Lipinski definition) is 0. The minimum Gasteiger partial charge on any atom is -0.0845 e. The van der Waals surface area contributed by atoms with Gasteiger partial charge in [0.1, 0.15) is 0 Å². The molecule has 2 aliphatic carbocycles. The molecule has 0 atom stereocenters. The molecule has 2 rings (SSSR count). The van der Waals surface area contributed by atoms with Crippen LogP contribution in [0.1, 0.15) is 71.1 Å². The summed E-state index contributed by atoms with van der Waals surface area (Å²) in [5.41, 5.74) is 4.73. The van der Waals surface area contributed by atoms with Gasteiger partial charge in [0.25, 0.3) is 0 Å². The van der Waals surface area contributed by atoms with Crippen LogP contribution in [0.5, 0.6) is 0 Å². The zero-order valence-corrected chi connectivity index (χ0v) is 12.5. The van der Waals surface area contributed by atoms with Crippen LogP contribution in [0.4, 0.5) is 0 Å². The molecule has 0 aromatic heterocycles. The van der Waals surface area contributed by atoms with Crippen molar-refractivity contribution in [1.29, 1.82) is 0 Å². The van der Waals surface area contributed by atoms with E-state index >= 15 is 0 Å². The van der Waals surface area contributed by atoms with Crippen LogP contribution in [0.3, 0.4) is 0 Å². The van der Waals surface area contributed by atoms with E-state index in [1.165, 1.54) is 69.8 Å². The van der Waals surface area contributed by atoms with Crippen molar-refractivity contribution in [3.63, 3.8) is 0 Å². The van der Waals surface area contributed by atoms with Crippen LogP contribution in [0.15, 0.2) is 47.1 Å². The maximum Gasteiger partial charge on any atom is -0.0274 e. The molecule has 0 N–H and O–H groups in total. The Hall–Kier alpha value is -1.04. The van der Waals surface area contributed by atoms with Crippen LogP contribution in [-0.4, -0.2) is 0 Å². The van der Waals surface area contributed by atoms with E-state index in [-0.39, 0.29) is 0 Å². The second-order valence-corrected chi connectivity index (χ2v) is 5.88. The van der Waals surface area contributed by atoms with E-state index in [2.05, 4.69) is 37.3 Å². The van der Waals surface area contributed by atoms with Crippen molar-refractivity contribution in [3.8, 4) is 0 Å². The number of hydrogen-bond donors (Lipinski definition) is 0. The van der Waals surface area contributed by atoms with Crippen LogP contribution in [0.2, 0.25) is 0 Å². The Morgan fingerprint density at radius 3 is 2.37 bits per heavy atom.